The van der Waals surface area contributed by atoms with Crippen LogP contribution in [0.25, 0.3) is 6.08 Å². The summed E-state index contributed by atoms with van der Waals surface area (Å²) in [6.07, 6.45) is 3.26. The number of amides is 4. The number of nitrogens with zero attached hydrogens (tertiary/aromatic N) is 1. The second-order valence-electron chi connectivity index (χ2n) is 6.91. The number of carbonyl (C=O) groups excluding carboxylic acids is 3. The second-order valence-corrected chi connectivity index (χ2v) is 6.91. The number of barbiturate groups is 1. The summed E-state index contributed by atoms with van der Waals surface area (Å²) in [5, 5.41) is 11.2. The van der Waals surface area contributed by atoms with E-state index in [0.717, 1.165) is 4.90 Å². The molecule has 170 valence electrons. The molecule has 0 saturated carbocycles. The highest BCUT2D eigenvalue weighted by Gasteiger charge is 2.36. The van der Waals surface area contributed by atoms with Gasteiger partial charge >= 0.3 is 12.0 Å². The van der Waals surface area contributed by atoms with E-state index in [9.17, 15) is 19.2 Å². The topological polar surface area (TPSA) is 122 Å². The SMILES string of the molecule is C=CCc1cc(/C=C2\C(=O)NC(=O)N(c3ccccc3)C2=O)cc(OCC)c1OCC(=O)O. The number of allylic oxidation sites excluding steroid dienone is 1. The van der Waals surface area contributed by atoms with Gasteiger partial charge in [-0.2, -0.15) is 0 Å². The highest BCUT2D eigenvalue weighted by atomic mass is 16.5. The molecule has 33 heavy (non-hydrogen) atoms. The zero-order valence-electron chi connectivity index (χ0n) is 17.9. The molecule has 3 rings (SSSR count). The summed E-state index contributed by atoms with van der Waals surface area (Å²) in [7, 11) is 0. The Kier molecular flexibility index (Phi) is 7.24. The molecule has 9 nitrogen and oxygen atoms in total. The number of anilines is 1. The largest absolute Gasteiger partial charge is 0.490 e. The Hall–Kier alpha value is -4.40. The van der Waals surface area contributed by atoms with Crippen molar-refractivity contribution in [3.63, 3.8) is 0 Å². The molecule has 1 fully saturated rings. The molecule has 0 aliphatic carbocycles. The van der Waals surface area contributed by atoms with Crippen molar-refractivity contribution in [1.29, 1.82) is 0 Å². The van der Waals surface area contributed by atoms with Gasteiger partial charge in [-0.05, 0) is 49.2 Å². The van der Waals surface area contributed by atoms with Crippen LogP contribution in [0.4, 0.5) is 10.5 Å². The fraction of sp³-hybridized carbons (Fsp3) is 0.167. The van der Waals surface area contributed by atoms with E-state index in [4.69, 9.17) is 14.6 Å². The van der Waals surface area contributed by atoms with Gasteiger partial charge < -0.3 is 14.6 Å². The fourth-order valence-electron chi connectivity index (χ4n) is 3.27. The molecule has 2 aromatic carbocycles. The Labute approximate surface area is 189 Å². The van der Waals surface area contributed by atoms with Gasteiger partial charge in [-0.3, -0.25) is 14.9 Å². The highest BCUT2D eigenvalue weighted by molar-refractivity contribution is 6.39. The first kappa shape index (κ1) is 23.3. The van der Waals surface area contributed by atoms with Crippen LogP contribution in [0.2, 0.25) is 0 Å². The maximum Gasteiger partial charge on any atom is 0.341 e. The van der Waals surface area contributed by atoms with E-state index in [-0.39, 0.29) is 23.7 Å². The van der Waals surface area contributed by atoms with Crippen LogP contribution in [0.5, 0.6) is 11.5 Å². The Morgan fingerprint density at radius 2 is 1.88 bits per heavy atom. The highest BCUT2D eigenvalue weighted by Crippen LogP contribution is 2.35. The maximum atomic E-state index is 13.1. The van der Waals surface area contributed by atoms with Crippen molar-refractivity contribution in [3.8, 4) is 11.5 Å². The summed E-state index contributed by atoms with van der Waals surface area (Å²) in [6.45, 7) is 5.15. The van der Waals surface area contributed by atoms with Crippen LogP contribution >= 0.6 is 0 Å². The molecule has 1 aliphatic rings. The van der Waals surface area contributed by atoms with Gasteiger partial charge in [-0.25, -0.2) is 14.5 Å². The van der Waals surface area contributed by atoms with Crippen molar-refractivity contribution in [1.82, 2.24) is 5.32 Å². The lowest BCUT2D eigenvalue weighted by Gasteiger charge is -2.26. The molecule has 0 radical (unpaired) electrons. The van der Waals surface area contributed by atoms with E-state index < -0.39 is 30.4 Å². The molecule has 1 heterocycles. The van der Waals surface area contributed by atoms with Crippen LogP contribution in [0, 0.1) is 0 Å². The molecule has 0 atom stereocenters. The number of imide groups is 2. The molecule has 2 aromatic rings. The number of ether oxygens (including phenoxy) is 2. The van der Waals surface area contributed by atoms with Gasteiger partial charge in [0.1, 0.15) is 5.57 Å². The fourth-order valence-corrected chi connectivity index (χ4v) is 3.27. The number of carboxylic acids is 1. The van der Waals surface area contributed by atoms with Gasteiger partial charge in [-0.1, -0.05) is 24.3 Å². The predicted octanol–water partition coefficient (Wildman–Crippen LogP) is 2.94. The van der Waals surface area contributed by atoms with Crippen molar-refractivity contribution >= 4 is 35.6 Å². The van der Waals surface area contributed by atoms with Gasteiger partial charge in [0.05, 0.1) is 12.3 Å². The molecule has 0 aromatic heterocycles. The minimum atomic E-state index is -1.15. The molecular weight excluding hydrogens is 428 g/mol. The smallest absolute Gasteiger partial charge is 0.341 e. The summed E-state index contributed by atoms with van der Waals surface area (Å²) in [5.74, 6) is -2.26. The maximum absolute atomic E-state index is 13.1. The zero-order valence-corrected chi connectivity index (χ0v) is 17.9. The van der Waals surface area contributed by atoms with Crippen LogP contribution in [-0.4, -0.2) is 42.1 Å². The molecule has 9 heteroatoms. The van der Waals surface area contributed by atoms with E-state index in [1.165, 1.54) is 12.1 Å². The molecular formula is C24H22N2O7. The predicted molar refractivity (Wildman–Crippen MR) is 120 cm³/mol. The summed E-state index contributed by atoms with van der Waals surface area (Å²) >= 11 is 0. The number of nitrogens with one attached hydrogen (secondary N) is 1. The lowest BCUT2D eigenvalue weighted by Crippen LogP contribution is -2.54. The van der Waals surface area contributed by atoms with Crippen molar-refractivity contribution in [3.05, 3.63) is 71.8 Å². The van der Waals surface area contributed by atoms with Gasteiger partial charge in [0.25, 0.3) is 11.8 Å². The average molecular weight is 450 g/mol. The van der Waals surface area contributed by atoms with E-state index in [1.54, 1.807) is 49.4 Å². The van der Waals surface area contributed by atoms with E-state index in [2.05, 4.69) is 11.9 Å². The van der Waals surface area contributed by atoms with Gasteiger partial charge in [-0.15, -0.1) is 6.58 Å². The van der Waals surface area contributed by atoms with Crippen molar-refractivity contribution in [2.75, 3.05) is 18.1 Å². The van der Waals surface area contributed by atoms with Crippen molar-refractivity contribution in [2.45, 2.75) is 13.3 Å². The Morgan fingerprint density at radius 1 is 1.15 bits per heavy atom. The minimum absolute atomic E-state index is 0.238. The van der Waals surface area contributed by atoms with Crippen LogP contribution in [0.1, 0.15) is 18.1 Å². The number of benzene rings is 2. The lowest BCUT2D eigenvalue weighted by molar-refractivity contribution is -0.139. The normalized spacial score (nSPS) is 14.8. The molecule has 4 amide bonds. The number of rotatable bonds is 9. The van der Waals surface area contributed by atoms with Gasteiger partial charge in [0.2, 0.25) is 0 Å². The third kappa shape index (κ3) is 5.27. The summed E-state index contributed by atoms with van der Waals surface area (Å²) in [4.78, 5) is 49.7. The zero-order chi connectivity index (χ0) is 24.0. The lowest BCUT2D eigenvalue weighted by atomic mass is 10.0. The number of para-hydroxylation sites is 1. The quantitative estimate of drug-likeness (QED) is 0.342. The number of carboxylic acid groups (broad SMARTS) is 1. The average Bonchev–Trinajstić information content (AvgIpc) is 2.77. The molecule has 0 bridgehead atoms. The minimum Gasteiger partial charge on any atom is -0.490 e. The second kappa shape index (κ2) is 10.3. The Morgan fingerprint density at radius 3 is 2.52 bits per heavy atom. The summed E-state index contributed by atoms with van der Waals surface area (Å²) < 4.78 is 11.0. The number of hydrogen-bond acceptors (Lipinski definition) is 6. The van der Waals surface area contributed by atoms with Crippen LogP contribution in [-0.2, 0) is 20.8 Å². The van der Waals surface area contributed by atoms with E-state index in [0.29, 0.717) is 23.2 Å². The summed E-state index contributed by atoms with van der Waals surface area (Å²) in [5.41, 5.74) is 1.06. The van der Waals surface area contributed by atoms with E-state index in [1.807, 2.05) is 0 Å². The first-order chi connectivity index (χ1) is 15.8. The first-order valence-corrected chi connectivity index (χ1v) is 10.1. The third-order valence-corrected chi connectivity index (χ3v) is 4.59. The first-order valence-electron chi connectivity index (χ1n) is 10.1. The van der Waals surface area contributed by atoms with Gasteiger partial charge in [0.15, 0.2) is 18.1 Å². The molecule has 0 unspecified atom stereocenters. The summed E-state index contributed by atoms with van der Waals surface area (Å²) in [6, 6.07) is 10.6. The Balaban J connectivity index is 2.06. The standard InChI is InChI=1S/C24H22N2O7/c1-3-8-16-11-15(13-19(32-4-2)21(16)33-14-20(27)28)12-18-22(29)25-24(31)26(23(18)30)17-9-6-5-7-10-17/h3,5-7,9-13H,1,4,8,14H2,2H3,(H,27,28)(H,25,29,31)/b18-12+. The van der Waals surface area contributed by atoms with Crippen molar-refractivity contribution < 1.29 is 33.8 Å². The van der Waals surface area contributed by atoms with Crippen LogP contribution < -0.4 is 19.7 Å². The number of urea groups is 1. The third-order valence-electron chi connectivity index (χ3n) is 4.59. The molecule has 1 saturated heterocycles. The Bertz CT molecular complexity index is 1140. The van der Waals surface area contributed by atoms with Crippen LogP contribution in [0.3, 0.4) is 0 Å². The van der Waals surface area contributed by atoms with Crippen LogP contribution in [0.15, 0.2) is 60.7 Å². The number of hydrogen-bond donors (Lipinski definition) is 2. The van der Waals surface area contributed by atoms with E-state index >= 15 is 0 Å². The number of aliphatic carboxylic acids is 1. The molecule has 2 N–H and O–H groups in total. The monoisotopic (exact) mass is 450 g/mol. The van der Waals surface area contributed by atoms with Crippen molar-refractivity contribution in [2.24, 2.45) is 0 Å². The molecule has 1 aliphatic heterocycles. The number of carbonyl (C=O) groups is 4. The molecule has 0 spiro atoms. The van der Waals surface area contributed by atoms with Gasteiger partial charge in [0, 0.05) is 5.56 Å².